The van der Waals surface area contributed by atoms with Crippen LogP contribution in [0.3, 0.4) is 0 Å². The number of nitrogens with one attached hydrogen (secondary N) is 1. The van der Waals surface area contributed by atoms with Gasteiger partial charge in [-0.3, -0.25) is 4.79 Å². The third-order valence-electron chi connectivity index (χ3n) is 16.0. The van der Waals surface area contributed by atoms with Gasteiger partial charge in [-0.25, -0.2) is 0 Å². The number of hydrogen-bond donors (Lipinski definition) is 8. The van der Waals surface area contributed by atoms with Crippen molar-refractivity contribution in [3.8, 4) is 0 Å². The molecule has 1 amide bonds. The molecule has 1 rings (SSSR count). The molecule has 8 N–H and O–H groups in total. The van der Waals surface area contributed by atoms with E-state index in [4.69, 9.17) is 9.47 Å². The summed E-state index contributed by atoms with van der Waals surface area (Å²) < 4.78 is 11.2. The maximum absolute atomic E-state index is 13.2. The number of aliphatic hydroxyl groups is 7. The standard InChI is InChI=1S/C65H125NO10/c1-3-5-7-9-11-13-15-17-19-21-23-24-25-26-27-28-29-30-31-32-33-35-37-39-41-43-45-47-49-51-53-58(69)64(74)66-56(55-75-65-63(73)62(72)61(71)59(54-67)76-65)60(70)57(68)52-50-48-46-44-42-40-38-36-34-22-20-18-16-14-12-10-8-6-4-2/h26-27,44,46,56-63,65,67-73H,3-25,28-43,45,47-55H2,1-2H3,(H,66,74)/b27-26-,46-44+. The highest BCUT2D eigenvalue weighted by molar-refractivity contribution is 5.80. The zero-order valence-electron chi connectivity index (χ0n) is 49.5. The van der Waals surface area contributed by atoms with Gasteiger partial charge in [0, 0.05) is 0 Å². The van der Waals surface area contributed by atoms with Crippen LogP contribution in [0, 0.1) is 0 Å². The van der Waals surface area contributed by atoms with Crippen molar-refractivity contribution in [2.75, 3.05) is 13.2 Å². The van der Waals surface area contributed by atoms with Gasteiger partial charge in [0.15, 0.2) is 6.29 Å². The molecule has 1 aliphatic heterocycles. The number of amides is 1. The van der Waals surface area contributed by atoms with Gasteiger partial charge < -0.3 is 50.5 Å². The van der Waals surface area contributed by atoms with Crippen molar-refractivity contribution in [1.29, 1.82) is 0 Å². The Morgan fingerprint density at radius 2 is 0.776 bits per heavy atom. The van der Waals surface area contributed by atoms with Crippen LogP contribution >= 0.6 is 0 Å². The average molecular weight is 1080 g/mol. The zero-order chi connectivity index (χ0) is 55.4. The molecule has 0 saturated carbocycles. The summed E-state index contributed by atoms with van der Waals surface area (Å²) >= 11 is 0. The quantitative estimate of drug-likeness (QED) is 0.0215. The lowest BCUT2D eigenvalue weighted by atomic mass is 9.98. The maximum Gasteiger partial charge on any atom is 0.249 e. The minimum absolute atomic E-state index is 0.257. The Morgan fingerprint density at radius 3 is 1.13 bits per heavy atom. The van der Waals surface area contributed by atoms with Crippen LogP contribution in [0.2, 0.25) is 0 Å². The Balaban J connectivity index is 2.22. The monoisotopic (exact) mass is 1080 g/mol. The van der Waals surface area contributed by atoms with Gasteiger partial charge in [-0.1, -0.05) is 276 Å². The molecule has 0 aromatic rings. The normalized spacial score (nSPS) is 19.7. The highest BCUT2D eigenvalue weighted by Crippen LogP contribution is 2.24. The molecule has 0 bridgehead atoms. The predicted molar refractivity (Wildman–Crippen MR) is 316 cm³/mol. The van der Waals surface area contributed by atoms with E-state index in [9.17, 15) is 40.5 Å². The van der Waals surface area contributed by atoms with Crippen LogP contribution < -0.4 is 5.32 Å². The number of allylic oxidation sites excluding steroid dienone is 4. The van der Waals surface area contributed by atoms with Crippen molar-refractivity contribution < 1.29 is 50.0 Å². The molecule has 0 spiro atoms. The Bertz CT molecular complexity index is 1280. The Kier molecular flexibility index (Phi) is 51.8. The lowest BCUT2D eigenvalue weighted by Gasteiger charge is -2.40. The van der Waals surface area contributed by atoms with Crippen LogP contribution in [0.1, 0.15) is 316 Å². The second-order valence-electron chi connectivity index (χ2n) is 23.2. The molecule has 9 unspecified atom stereocenters. The number of ether oxygens (including phenoxy) is 2. The van der Waals surface area contributed by atoms with E-state index in [0.29, 0.717) is 12.8 Å². The molecule has 0 radical (unpaired) electrons. The largest absolute Gasteiger partial charge is 0.394 e. The molecule has 9 atom stereocenters. The number of aliphatic hydroxyl groups excluding tert-OH is 7. The highest BCUT2D eigenvalue weighted by atomic mass is 16.7. The molecule has 1 saturated heterocycles. The van der Waals surface area contributed by atoms with Crippen molar-refractivity contribution in [3.63, 3.8) is 0 Å². The van der Waals surface area contributed by atoms with Crippen LogP contribution in [-0.4, -0.2) is 110 Å². The number of unbranched alkanes of at least 4 members (excludes halogenated alkanes) is 41. The smallest absolute Gasteiger partial charge is 0.249 e. The first-order valence-electron chi connectivity index (χ1n) is 32.7. The summed E-state index contributed by atoms with van der Waals surface area (Å²) in [6, 6.07) is -1.18. The molecular formula is C65H125NO10. The molecule has 1 fully saturated rings. The summed E-state index contributed by atoms with van der Waals surface area (Å²) in [6.45, 7) is 3.49. The van der Waals surface area contributed by atoms with Crippen LogP contribution in [-0.2, 0) is 14.3 Å². The predicted octanol–water partition coefficient (Wildman–Crippen LogP) is 14.9. The van der Waals surface area contributed by atoms with Gasteiger partial charge in [-0.05, 0) is 64.2 Å². The molecule has 76 heavy (non-hydrogen) atoms. The second-order valence-corrected chi connectivity index (χ2v) is 23.2. The molecular weight excluding hydrogens is 955 g/mol. The number of hydrogen-bond acceptors (Lipinski definition) is 10. The SMILES string of the molecule is CCCCCCCCCCCCCC/C=C\CCCCCCCCCCCCCCCCC(O)C(=O)NC(COC1OC(CO)C(O)C(O)C1O)C(O)C(O)CCC/C=C/CCCCCCCCCCCCCCCC. The topological polar surface area (TPSA) is 189 Å². The molecule has 0 aromatic carbocycles. The zero-order valence-corrected chi connectivity index (χ0v) is 49.5. The second kappa shape index (κ2) is 54.2. The highest BCUT2D eigenvalue weighted by Gasteiger charge is 2.44. The molecule has 450 valence electrons. The Morgan fingerprint density at radius 1 is 0.447 bits per heavy atom. The minimum Gasteiger partial charge on any atom is -0.394 e. The van der Waals surface area contributed by atoms with Gasteiger partial charge in [-0.2, -0.15) is 0 Å². The fourth-order valence-corrected chi connectivity index (χ4v) is 10.7. The van der Waals surface area contributed by atoms with E-state index in [0.717, 1.165) is 38.5 Å². The van der Waals surface area contributed by atoms with E-state index in [1.54, 1.807) is 0 Å². The lowest BCUT2D eigenvalue weighted by Crippen LogP contribution is -2.60. The first-order chi connectivity index (χ1) is 37.2. The fourth-order valence-electron chi connectivity index (χ4n) is 10.7. The molecule has 1 heterocycles. The van der Waals surface area contributed by atoms with Crippen LogP contribution in [0.4, 0.5) is 0 Å². The van der Waals surface area contributed by atoms with Crippen LogP contribution in [0.5, 0.6) is 0 Å². The van der Waals surface area contributed by atoms with Crippen molar-refractivity contribution in [1.82, 2.24) is 5.32 Å². The van der Waals surface area contributed by atoms with E-state index >= 15 is 0 Å². The van der Waals surface area contributed by atoms with Gasteiger partial charge in [0.2, 0.25) is 5.91 Å². The van der Waals surface area contributed by atoms with Crippen LogP contribution in [0.25, 0.3) is 0 Å². The summed E-state index contributed by atoms with van der Waals surface area (Å²) in [6.07, 6.45) is 55.4. The summed E-state index contributed by atoms with van der Waals surface area (Å²) in [5.74, 6) is -0.701. The molecule has 11 nitrogen and oxygen atoms in total. The number of carbonyl (C=O) groups excluding carboxylic acids is 1. The summed E-state index contributed by atoms with van der Waals surface area (Å²) in [4.78, 5) is 13.2. The van der Waals surface area contributed by atoms with Gasteiger partial charge in [0.25, 0.3) is 0 Å². The Hall–Kier alpha value is -1.41. The van der Waals surface area contributed by atoms with Gasteiger partial charge in [0.05, 0.1) is 25.4 Å². The van der Waals surface area contributed by atoms with E-state index in [2.05, 4.69) is 43.5 Å². The first-order valence-corrected chi connectivity index (χ1v) is 32.7. The third-order valence-corrected chi connectivity index (χ3v) is 16.0. The summed E-state index contributed by atoms with van der Waals surface area (Å²) in [5, 5.41) is 76.3. The Labute approximate surface area is 467 Å². The van der Waals surface area contributed by atoms with E-state index in [1.807, 2.05) is 0 Å². The van der Waals surface area contributed by atoms with Gasteiger partial charge in [0.1, 0.15) is 36.6 Å². The van der Waals surface area contributed by atoms with Gasteiger partial charge in [-0.15, -0.1) is 0 Å². The molecule has 0 aliphatic carbocycles. The average Bonchev–Trinajstić information content (AvgIpc) is 3.42. The number of rotatable bonds is 57. The molecule has 11 heteroatoms. The first kappa shape index (κ1) is 72.6. The molecule has 1 aliphatic rings. The van der Waals surface area contributed by atoms with Crippen LogP contribution in [0.15, 0.2) is 24.3 Å². The summed E-state index contributed by atoms with van der Waals surface area (Å²) in [7, 11) is 0. The van der Waals surface area contributed by atoms with Crippen molar-refractivity contribution in [3.05, 3.63) is 24.3 Å². The van der Waals surface area contributed by atoms with E-state index < -0.39 is 74.2 Å². The van der Waals surface area contributed by atoms with Crippen molar-refractivity contribution >= 4 is 5.91 Å². The maximum atomic E-state index is 13.2. The van der Waals surface area contributed by atoms with Crippen molar-refractivity contribution in [2.24, 2.45) is 0 Å². The fraction of sp³-hybridized carbons (Fsp3) is 0.923. The molecule has 0 aromatic heterocycles. The minimum atomic E-state index is -1.67. The summed E-state index contributed by atoms with van der Waals surface area (Å²) in [5.41, 5.74) is 0. The number of carbonyl (C=O) groups is 1. The van der Waals surface area contributed by atoms with E-state index in [-0.39, 0.29) is 12.8 Å². The lowest BCUT2D eigenvalue weighted by molar-refractivity contribution is -0.303. The van der Waals surface area contributed by atoms with E-state index in [1.165, 1.54) is 238 Å². The van der Waals surface area contributed by atoms with Gasteiger partial charge >= 0.3 is 0 Å². The van der Waals surface area contributed by atoms with Crippen molar-refractivity contribution in [2.45, 2.75) is 371 Å². The third kappa shape index (κ3) is 41.6.